The first-order valence-electron chi connectivity index (χ1n) is 20.4. The van der Waals surface area contributed by atoms with Gasteiger partial charge in [-0.3, -0.25) is 38.8 Å². The van der Waals surface area contributed by atoms with Crippen LogP contribution in [0, 0.1) is 42.9 Å². The van der Waals surface area contributed by atoms with E-state index < -0.39 is 17.4 Å². The van der Waals surface area contributed by atoms with Crippen LogP contribution in [0.15, 0.2) is 42.7 Å². The monoisotopic (exact) mass is 793 g/mol. The number of nitrogens with one attached hydrogen (secondary N) is 1. The number of aryl methyl sites for hydroxylation is 2. The number of rotatable bonds is 17. The van der Waals surface area contributed by atoms with Gasteiger partial charge in [-0.15, -0.1) is 0 Å². The number of hydrogen-bond donors (Lipinski definition) is 1. The molecule has 1 fully saturated rings. The summed E-state index contributed by atoms with van der Waals surface area (Å²) in [6.07, 6.45) is 5.10. The van der Waals surface area contributed by atoms with E-state index in [1.165, 1.54) is 11.8 Å². The predicted molar refractivity (Wildman–Crippen MR) is 224 cm³/mol. The summed E-state index contributed by atoms with van der Waals surface area (Å²) in [6.45, 7) is 17.2. The largest absolute Gasteiger partial charge is 0.332 e. The van der Waals surface area contributed by atoms with E-state index in [9.17, 15) is 28.8 Å². The fraction of sp³-hybridized carbons (Fsp3) is 0.533. The van der Waals surface area contributed by atoms with Crippen LogP contribution < -0.4 is 15.1 Å². The first-order valence-corrected chi connectivity index (χ1v) is 20.4. The third kappa shape index (κ3) is 10.0. The topological polar surface area (TPSA) is 163 Å². The fourth-order valence-corrected chi connectivity index (χ4v) is 7.92. The lowest BCUT2D eigenvalue weighted by molar-refractivity contribution is -0.143. The molecule has 0 bridgehead atoms. The van der Waals surface area contributed by atoms with Gasteiger partial charge in [0, 0.05) is 78.8 Å². The van der Waals surface area contributed by atoms with Crippen LogP contribution in [-0.2, 0) is 25.7 Å². The lowest BCUT2D eigenvalue weighted by Crippen LogP contribution is -2.46. The molecule has 13 nitrogen and oxygen atoms in total. The van der Waals surface area contributed by atoms with Gasteiger partial charge in [0.2, 0.25) is 11.9 Å². The number of amides is 3. The highest BCUT2D eigenvalue weighted by Gasteiger charge is 2.42. The Balaban J connectivity index is 1.28. The third-order valence-electron chi connectivity index (χ3n) is 11.6. The van der Waals surface area contributed by atoms with E-state index >= 15 is 0 Å². The third-order valence-corrected chi connectivity index (χ3v) is 11.6. The Bertz CT molecular complexity index is 2060. The summed E-state index contributed by atoms with van der Waals surface area (Å²) >= 11 is 0. The summed E-state index contributed by atoms with van der Waals surface area (Å²) in [6, 6.07) is 7.97. The molecule has 0 radical (unpaired) electrons. The highest BCUT2D eigenvalue weighted by atomic mass is 16.2. The van der Waals surface area contributed by atoms with Gasteiger partial charge in [0.25, 0.3) is 0 Å². The summed E-state index contributed by atoms with van der Waals surface area (Å²) < 4.78 is 0. The SMILES string of the molecule is CC(=O)[C@@H](CC(=O)C(C)(C)CC(=O)[C@@H]1CCCN1C(=O)[C@@H](CC(=O)c1ccc(C)c(N2Cc3cnc(Nc4ccc(C)nc4)nc3N(C)C2=O)c1)C(C)C)CC(C)C. The Morgan fingerprint density at radius 2 is 1.69 bits per heavy atom. The van der Waals surface area contributed by atoms with Gasteiger partial charge in [0.1, 0.15) is 17.4 Å². The number of fused-ring (bicyclic) bond motifs is 1. The summed E-state index contributed by atoms with van der Waals surface area (Å²) in [5.74, 6) is -1.03. The molecule has 5 rings (SSSR count). The molecule has 4 heterocycles. The molecule has 1 saturated heterocycles. The zero-order valence-corrected chi connectivity index (χ0v) is 35.7. The molecule has 3 aromatic rings. The smallest absolute Gasteiger partial charge is 0.330 e. The number of ketones is 4. The first kappa shape index (κ1) is 43.8. The first-order chi connectivity index (χ1) is 27.3. The van der Waals surface area contributed by atoms with E-state index in [0.29, 0.717) is 48.8 Å². The zero-order chi connectivity index (χ0) is 42.6. The number of carbonyl (C=O) groups excluding carboxylic acids is 6. The number of anilines is 4. The molecule has 3 amide bonds. The van der Waals surface area contributed by atoms with Gasteiger partial charge >= 0.3 is 6.03 Å². The Kier molecular flexibility index (Phi) is 13.6. The number of urea groups is 1. The average Bonchev–Trinajstić information content (AvgIpc) is 3.66. The van der Waals surface area contributed by atoms with Crippen molar-refractivity contribution in [2.75, 3.05) is 28.7 Å². The normalized spacial score (nSPS) is 16.7. The maximum atomic E-state index is 14.2. The van der Waals surface area contributed by atoms with Gasteiger partial charge < -0.3 is 10.2 Å². The molecule has 1 aromatic carbocycles. The molecule has 58 heavy (non-hydrogen) atoms. The van der Waals surface area contributed by atoms with E-state index in [4.69, 9.17) is 0 Å². The molecule has 2 aliphatic rings. The van der Waals surface area contributed by atoms with Crippen LogP contribution in [-0.4, -0.2) is 74.6 Å². The van der Waals surface area contributed by atoms with Gasteiger partial charge in [-0.25, -0.2) is 9.78 Å². The maximum absolute atomic E-state index is 14.2. The van der Waals surface area contributed by atoms with Crippen LogP contribution >= 0.6 is 0 Å². The number of pyridine rings is 1. The van der Waals surface area contributed by atoms with Crippen molar-refractivity contribution >= 4 is 58.2 Å². The van der Waals surface area contributed by atoms with Crippen LogP contribution in [0.5, 0.6) is 0 Å². The average molecular weight is 794 g/mol. The highest BCUT2D eigenvalue weighted by molar-refractivity contribution is 6.07. The standard InChI is InChI=1S/C45H59N7O6/c1-26(2)18-32(30(7)53)20-40(56)45(8,9)22-39(55)36-12-11-17-51(36)42(57)35(27(3)4)21-38(54)31-15-13-28(5)37(19-31)52-25-33-23-47-43(49-41(33)50(10)44(52)58)48-34-16-14-29(6)46-24-34/h13-16,19,23-24,26-27,32,35-36H,11-12,17-18,20-22,25H2,1-10H3,(H,47,48,49)/t32-,35+,36+/m1/s1. The number of benzene rings is 1. The molecule has 2 aromatic heterocycles. The van der Waals surface area contributed by atoms with Crippen LogP contribution in [0.1, 0.15) is 114 Å². The summed E-state index contributed by atoms with van der Waals surface area (Å²) in [5, 5.41) is 3.13. The van der Waals surface area contributed by atoms with E-state index in [-0.39, 0.29) is 78.6 Å². The van der Waals surface area contributed by atoms with Gasteiger partial charge in [-0.1, -0.05) is 53.7 Å². The van der Waals surface area contributed by atoms with Crippen LogP contribution in [0.3, 0.4) is 0 Å². The van der Waals surface area contributed by atoms with Gasteiger partial charge in [0.05, 0.1) is 24.5 Å². The number of hydrogen-bond acceptors (Lipinski definition) is 10. The Morgan fingerprint density at radius 3 is 2.33 bits per heavy atom. The van der Waals surface area contributed by atoms with Crippen molar-refractivity contribution in [3.63, 3.8) is 0 Å². The molecule has 1 N–H and O–H groups in total. The minimum absolute atomic E-state index is 0.0267. The van der Waals surface area contributed by atoms with Crippen molar-refractivity contribution in [1.82, 2.24) is 19.9 Å². The van der Waals surface area contributed by atoms with E-state index in [2.05, 4.69) is 20.3 Å². The quantitative estimate of drug-likeness (QED) is 0.133. The Morgan fingerprint density at radius 1 is 0.966 bits per heavy atom. The predicted octanol–water partition coefficient (Wildman–Crippen LogP) is 7.84. The molecular formula is C45H59N7O6. The van der Waals surface area contributed by atoms with Crippen molar-refractivity contribution in [3.05, 3.63) is 65.1 Å². The van der Waals surface area contributed by atoms with E-state index in [1.807, 2.05) is 53.7 Å². The molecule has 0 aliphatic carbocycles. The molecule has 0 spiro atoms. The van der Waals surface area contributed by atoms with Crippen LogP contribution in [0.25, 0.3) is 0 Å². The number of nitrogens with zero attached hydrogens (tertiary/aromatic N) is 6. The van der Waals surface area contributed by atoms with Crippen molar-refractivity contribution in [1.29, 1.82) is 0 Å². The molecule has 3 atom stereocenters. The van der Waals surface area contributed by atoms with Crippen molar-refractivity contribution in [2.24, 2.45) is 29.1 Å². The minimum atomic E-state index is -0.991. The Hall–Kier alpha value is -5.33. The van der Waals surface area contributed by atoms with Crippen molar-refractivity contribution < 1.29 is 28.8 Å². The second-order valence-electron chi connectivity index (χ2n) is 17.5. The van der Waals surface area contributed by atoms with Crippen LogP contribution in [0.2, 0.25) is 0 Å². The molecule has 310 valence electrons. The number of carbonyl (C=O) groups is 6. The maximum Gasteiger partial charge on any atom is 0.330 e. The lowest BCUT2D eigenvalue weighted by Gasteiger charge is -2.35. The van der Waals surface area contributed by atoms with Gasteiger partial charge in [0.15, 0.2) is 11.6 Å². The number of likely N-dealkylation sites (tertiary alicyclic amines) is 1. The lowest BCUT2D eigenvalue weighted by atomic mass is 9.76. The molecular weight excluding hydrogens is 735 g/mol. The second-order valence-corrected chi connectivity index (χ2v) is 17.5. The molecule has 0 unspecified atom stereocenters. The molecule has 2 aliphatic heterocycles. The summed E-state index contributed by atoms with van der Waals surface area (Å²) in [7, 11) is 1.65. The van der Waals surface area contributed by atoms with Gasteiger partial charge in [-0.2, -0.15) is 4.98 Å². The fourth-order valence-electron chi connectivity index (χ4n) is 7.92. The zero-order valence-electron chi connectivity index (χ0n) is 35.7. The minimum Gasteiger partial charge on any atom is -0.332 e. The van der Waals surface area contributed by atoms with E-state index in [0.717, 1.165) is 22.5 Å². The van der Waals surface area contributed by atoms with Crippen molar-refractivity contribution in [3.8, 4) is 0 Å². The summed E-state index contributed by atoms with van der Waals surface area (Å²) in [5.41, 5.74) is 3.06. The number of aromatic nitrogens is 3. The Labute approximate surface area is 342 Å². The van der Waals surface area contributed by atoms with Crippen LogP contribution in [0.4, 0.5) is 27.9 Å². The number of Topliss-reactive ketones (excluding diaryl/α,β-unsaturated/α-hetero) is 4. The molecule has 0 saturated carbocycles. The summed E-state index contributed by atoms with van der Waals surface area (Å²) in [4.78, 5) is 99.7. The second kappa shape index (κ2) is 18.1. The highest BCUT2D eigenvalue weighted by Crippen LogP contribution is 2.35. The molecule has 13 heteroatoms. The van der Waals surface area contributed by atoms with Gasteiger partial charge in [-0.05, 0) is 75.6 Å². The van der Waals surface area contributed by atoms with E-state index in [1.54, 1.807) is 61.3 Å². The van der Waals surface area contributed by atoms with Crippen molar-refractivity contribution in [2.45, 2.75) is 113 Å².